The molecule has 1 heterocycles. The van der Waals surface area contributed by atoms with Crippen molar-refractivity contribution in [2.45, 2.75) is 38.6 Å². The number of likely N-dealkylation sites (tertiary alicyclic amines) is 1. The van der Waals surface area contributed by atoms with Gasteiger partial charge in [-0.25, -0.2) is 0 Å². The Morgan fingerprint density at radius 3 is 2.25 bits per heavy atom. The quantitative estimate of drug-likeness (QED) is 0.663. The van der Waals surface area contributed by atoms with E-state index in [4.69, 9.17) is 5.11 Å². The molecule has 1 unspecified atom stereocenters. The monoisotopic (exact) mass is 286 g/mol. The molecule has 0 spiro atoms. The lowest BCUT2D eigenvalue weighted by Gasteiger charge is -2.28. The maximum absolute atomic E-state index is 12.1. The summed E-state index contributed by atoms with van der Waals surface area (Å²) < 4.78 is 0. The van der Waals surface area contributed by atoms with Crippen LogP contribution in [-0.4, -0.2) is 70.1 Å². The summed E-state index contributed by atoms with van der Waals surface area (Å²) in [6.45, 7) is 3.16. The van der Waals surface area contributed by atoms with Crippen LogP contribution >= 0.6 is 0 Å². The first-order chi connectivity index (χ1) is 9.45. The van der Waals surface area contributed by atoms with Gasteiger partial charge in [0.25, 0.3) is 0 Å². The molecule has 7 heteroatoms. The van der Waals surface area contributed by atoms with Crippen LogP contribution in [0.15, 0.2) is 0 Å². The summed E-state index contributed by atoms with van der Waals surface area (Å²) >= 11 is 0. The van der Waals surface area contributed by atoms with Gasteiger partial charge in [-0.2, -0.15) is 0 Å². The van der Waals surface area contributed by atoms with E-state index in [0.717, 1.165) is 12.8 Å². The number of hydrogen-bond donors (Lipinski definition) is 2. The number of aliphatic carboxylic acids is 2. The second-order valence-electron chi connectivity index (χ2n) is 4.96. The van der Waals surface area contributed by atoms with Crippen molar-refractivity contribution in [1.29, 1.82) is 0 Å². The lowest BCUT2D eigenvalue weighted by Crippen LogP contribution is -2.47. The predicted octanol–water partition coefficient (Wildman–Crippen LogP) is 0.249. The third kappa shape index (κ3) is 4.80. The molecule has 0 aromatic heterocycles. The third-order valence-corrected chi connectivity index (χ3v) is 3.52. The van der Waals surface area contributed by atoms with Crippen molar-refractivity contribution in [2.24, 2.45) is 0 Å². The van der Waals surface area contributed by atoms with Crippen LogP contribution in [0.25, 0.3) is 0 Å². The first-order valence-corrected chi connectivity index (χ1v) is 6.92. The van der Waals surface area contributed by atoms with E-state index in [9.17, 15) is 19.5 Å². The fourth-order valence-corrected chi connectivity index (χ4v) is 2.41. The Labute approximate surface area is 118 Å². The van der Waals surface area contributed by atoms with Gasteiger partial charge in [-0.05, 0) is 19.3 Å². The van der Waals surface area contributed by atoms with Crippen molar-refractivity contribution in [3.8, 4) is 0 Å². The van der Waals surface area contributed by atoms with Crippen molar-refractivity contribution in [3.05, 3.63) is 0 Å². The van der Waals surface area contributed by atoms with E-state index in [2.05, 4.69) is 0 Å². The number of hydrogen-bond acceptors (Lipinski definition) is 4. The first kappa shape index (κ1) is 16.4. The Kier molecular flexibility index (Phi) is 6.44. The van der Waals surface area contributed by atoms with Crippen LogP contribution in [0.2, 0.25) is 0 Å². The molecule has 7 nitrogen and oxygen atoms in total. The van der Waals surface area contributed by atoms with Crippen LogP contribution in [0.5, 0.6) is 0 Å². The highest BCUT2D eigenvalue weighted by Crippen LogP contribution is 2.11. The molecule has 0 bridgehead atoms. The second-order valence-corrected chi connectivity index (χ2v) is 4.96. The molecule has 1 rings (SSSR count). The average molecular weight is 286 g/mol. The van der Waals surface area contributed by atoms with E-state index in [-0.39, 0.29) is 25.4 Å². The minimum atomic E-state index is -1.02. The van der Waals surface area contributed by atoms with Gasteiger partial charge in [-0.15, -0.1) is 0 Å². The zero-order valence-corrected chi connectivity index (χ0v) is 11.7. The molecular formula is C13H22N2O5. The van der Waals surface area contributed by atoms with Gasteiger partial charge in [0.05, 0.1) is 13.0 Å². The predicted molar refractivity (Wildman–Crippen MR) is 71.4 cm³/mol. The molecule has 1 amide bonds. The van der Waals surface area contributed by atoms with E-state index in [0.29, 0.717) is 19.5 Å². The van der Waals surface area contributed by atoms with Gasteiger partial charge < -0.3 is 15.1 Å². The Bertz CT molecular complexity index is 366. The highest BCUT2D eigenvalue weighted by molar-refractivity contribution is 5.80. The molecule has 0 aromatic carbocycles. The smallest absolute Gasteiger partial charge is 0.320 e. The molecule has 1 aliphatic rings. The van der Waals surface area contributed by atoms with Crippen LogP contribution in [0, 0.1) is 0 Å². The number of carboxylic acids is 2. The van der Waals surface area contributed by atoms with Gasteiger partial charge in [-0.1, -0.05) is 6.92 Å². The van der Waals surface area contributed by atoms with E-state index in [1.807, 2.05) is 0 Å². The van der Waals surface area contributed by atoms with Crippen LogP contribution in [0.3, 0.4) is 0 Å². The molecule has 1 aliphatic heterocycles. The van der Waals surface area contributed by atoms with Crippen LogP contribution in [0.1, 0.15) is 32.6 Å². The minimum absolute atomic E-state index is 0.0297. The maximum atomic E-state index is 12.1. The SMILES string of the molecule is CCC(C(=O)O)N(CCC(=O)O)CC(=O)N1CCCC1. The summed E-state index contributed by atoms with van der Waals surface area (Å²) in [5.74, 6) is -2.14. The molecular weight excluding hydrogens is 264 g/mol. The summed E-state index contributed by atoms with van der Waals surface area (Å²) in [5, 5.41) is 17.9. The summed E-state index contributed by atoms with van der Waals surface area (Å²) in [6, 6.07) is -0.819. The van der Waals surface area contributed by atoms with Gasteiger partial charge in [0.15, 0.2) is 0 Å². The number of rotatable bonds is 8. The second kappa shape index (κ2) is 7.84. The molecule has 1 saturated heterocycles. The van der Waals surface area contributed by atoms with E-state index in [1.165, 1.54) is 4.90 Å². The van der Waals surface area contributed by atoms with E-state index >= 15 is 0 Å². The Morgan fingerprint density at radius 1 is 1.20 bits per heavy atom. The zero-order valence-electron chi connectivity index (χ0n) is 11.7. The lowest BCUT2D eigenvalue weighted by molar-refractivity contribution is -0.147. The van der Waals surface area contributed by atoms with Crippen molar-refractivity contribution in [2.75, 3.05) is 26.2 Å². The van der Waals surface area contributed by atoms with Crippen LogP contribution < -0.4 is 0 Å². The Hall–Kier alpha value is -1.63. The summed E-state index contributed by atoms with van der Waals surface area (Å²) in [5.41, 5.74) is 0. The molecule has 0 saturated carbocycles. The van der Waals surface area contributed by atoms with Crippen molar-refractivity contribution < 1.29 is 24.6 Å². The van der Waals surface area contributed by atoms with Gasteiger partial charge in [0.1, 0.15) is 6.04 Å². The first-order valence-electron chi connectivity index (χ1n) is 6.92. The normalized spacial score (nSPS) is 16.4. The molecule has 1 atom stereocenters. The van der Waals surface area contributed by atoms with Gasteiger partial charge in [-0.3, -0.25) is 19.3 Å². The summed E-state index contributed by atoms with van der Waals surface area (Å²) in [6.07, 6.45) is 2.10. The van der Waals surface area contributed by atoms with Crippen molar-refractivity contribution >= 4 is 17.8 Å². The third-order valence-electron chi connectivity index (χ3n) is 3.52. The van der Waals surface area contributed by atoms with Gasteiger partial charge in [0, 0.05) is 19.6 Å². The van der Waals surface area contributed by atoms with Crippen molar-refractivity contribution in [1.82, 2.24) is 9.80 Å². The maximum Gasteiger partial charge on any atom is 0.320 e. The molecule has 2 N–H and O–H groups in total. The standard InChI is InChI=1S/C13H22N2O5/c1-2-10(13(19)20)15(8-5-12(17)18)9-11(16)14-6-3-4-7-14/h10H,2-9H2,1H3,(H,17,18)(H,19,20). The Balaban J connectivity index is 2.67. The molecule has 0 radical (unpaired) electrons. The number of nitrogens with zero attached hydrogens (tertiary/aromatic N) is 2. The highest BCUT2D eigenvalue weighted by atomic mass is 16.4. The fourth-order valence-electron chi connectivity index (χ4n) is 2.41. The van der Waals surface area contributed by atoms with Gasteiger partial charge >= 0.3 is 11.9 Å². The average Bonchev–Trinajstić information content (AvgIpc) is 2.89. The molecule has 0 aliphatic carbocycles. The largest absolute Gasteiger partial charge is 0.481 e. The van der Waals surface area contributed by atoms with Crippen LogP contribution in [-0.2, 0) is 14.4 Å². The number of carboxylic acid groups (broad SMARTS) is 2. The topological polar surface area (TPSA) is 98.1 Å². The Morgan fingerprint density at radius 2 is 1.80 bits per heavy atom. The molecule has 20 heavy (non-hydrogen) atoms. The molecule has 114 valence electrons. The number of carbonyl (C=O) groups excluding carboxylic acids is 1. The summed E-state index contributed by atoms with van der Waals surface area (Å²) in [4.78, 5) is 37.1. The molecule has 0 aromatic rings. The number of carbonyl (C=O) groups is 3. The van der Waals surface area contributed by atoms with Crippen LogP contribution in [0.4, 0.5) is 0 Å². The fraction of sp³-hybridized carbons (Fsp3) is 0.769. The van der Waals surface area contributed by atoms with E-state index in [1.54, 1.807) is 11.8 Å². The highest BCUT2D eigenvalue weighted by Gasteiger charge is 2.28. The lowest BCUT2D eigenvalue weighted by atomic mass is 10.1. The number of amides is 1. The van der Waals surface area contributed by atoms with E-state index < -0.39 is 18.0 Å². The summed E-state index contributed by atoms with van der Waals surface area (Å²) in [7, 11) is 0. The zero-order chi connectivity index (χ0) is 15.1. The molecule has 1 fully saturated rings. The van der Waals surface area contributed by atoms with Gasteiger partial charge in [0.2, 0.25) is 5.91 Å². The van der Waals surface area contributed by atoms with Crippen molar-refractivity contribution in [3.63, 3.8) is 0 Å². The minimum Gasteiger partial charge on any atom is -0.481 e.